The normalized spacial score (nSPS) is 21.0. The number of hydrogen-bond acceptors (Lipinski definition) is 4. The Labute approximate surface area is 140 Å². The molecule has 1 N–H and O–H groups in total. The molecule has 0 radical (unpaired) electrons. The largest absolute Gasteiger partial charge is 0.338 e. The van der Waals surface area contributed by atoms with Gasteiger partial charge in [-0.1, -0.05) is 0 Å². The molecule has 2 atom stereocenters. The van der Waals surface area contributed by atoms with Crippen LogP contribution in [0.5, 0.6) is 0 Å². The van der Waals surface area contributed by atoms with E-state index in [-0.39, 0.29) is 23.8 Å². The van der Waals surface area contributed by atoms with E-state index in [0.717, 1.165) is 16.9 Å². The van der Waals surface area contributed by atoms with Gasteiger partial charge < -0.3 is 10.2 Å². The van der Waals surface area contributed by atoms with Gasteiger partial charge in [-0.05, 0) is 25.5 Å². The van der Waals surface area contributed by atoms with Crippen LogP contribution in [0.2, 0.25) is 0 Å². The third-order valence-corrected chi connectivity index (χ3v) is 4.43. The lowest BCUT2D eigenvalue weighted by atomic mass is 9.85. The molecule has 0 bridgehead atoms. The van der Waals surface area contributed by atoms with E-state index in [9.17, 15) is 9.59 Å². The Morgan fingerprint density at radius 3 is 2.83 bits per heavy atom. The number of amides is 2. The van der Waals surface area contributed by atoms with Crippen LogP contribution in [0, 0.1) is 12.8 Å². The molecule has 0 spiro atoms. The molecule has 0 unspecified atom stereocenters. The average molecular weight is 327 g/mol. The molecule has 24 heavy (non-hydrogen) atoms. The number of carbonyl (C=O) groups excluding carboxylic acids is 2. The zero-order valence-electron chi connectivity index (χ0n) is 14.1. The molecule has 2 aromatic rings. The number of piperidine rings is 1. The van der Waals surface area contributed by atoms with Crippen LogP contribution in [-0.4, -0.2) is 38.5 Å². The van der Waals surface area contributed by atoms with Crippen LogP contribution in [0.15, 0.2) is 30.7 Å². The Morgan fingerprint density at radius 1 is 1.38 bits per heavy atom. The summed E-state index contributed by atoms with van der Waals surface area (Å²) >= 11 is 0. The van der Waals surface area contributed by atoms with Gasteiger partial charge in [-0.2, -0.15) is 5.10 Å². The second-order valence-corrected chi connectivity index (χ2v) is 6.22. The summed E-state index contributed by atoms with van der Waals surface area (Å²) in [6, 6.07) is 3.29. The number of nitrogens with zero attached hydrogens (tertiary/aromatic N) is 4. The van der Waals surface area contributed by atoms with Crippen LogP contribution in [0.4, 0.5) is 5.69 Å². The minimum atomic E-state index is -0.314. The van der Waals surface area contributed by atoms with Crippen molar-refractivity contribution in [2.75, 3.05) is 12.4 Å². The van der Waals surface area contributed by atoms with Gasteiger partial charge in [0.05, 0.1) is 18.2 Å². The van der Waals surface area contributed by atoms with Crippen LogP contribution in [0.25, 0.3) is 0 Å². The molecule has 3 heterocycles. The summed E-state index contributed by atoms with van der Waals surface area (Å²) in [6.07, 6.45) is 6.15. The van der Waals surface area contributed by atoms with Crippen molar-refractivity contribution < 1.29 is 9.59 Å². The molecular weight excluding hydrogens is 306 g/mol. The average Bonchev–Trinajstić information content (AvgIpc) is 2.95. The van der Waals surface area contributed by atoms with Gasteiger partial charge in [-0.25, -0.2) is 0 Å². The van der Waals surface area contributed by atoms with Crippen molar-refractivity contribution in [3.63, 3.8) is 0 Å². The second kappa shape index (κ2) is 6.43. The standard InChI is InChI=1S/C17H21N5O2/c1-11-8-13(6-7-18-11)20-17(24)14-4-5-15(23)22(3)16(14)12-9-19-21(2)10-12/h6-10,14,16H,4-5H2,1-3H3,(H,18,20,24)/t14-,16-/m0/s1. The number of pyridine rings is 1. The van der Waals surface area contributed by atoms with Gasteiger partial charge in [0.15, 0.2) is 0 Å². The molecule has 1 aliphatic heterocycles. The first-order valence-corrected chi connectivity index (χ1v) is 7.93. The smallest absolute Gasteiger partial charge is 0.229 e. The van der Waals surface area contributed by atoms with Crippen molar-refractivity contribution in [3.8, 4) is 0 Å². The first kappa shape index (κ1) is 16.2. The number of carbonyl (C=O) groups is 2. The first-order chi connectivity index (χ1) is 11.5. The highest BCUT2D eigenvalue weighted by Crippen LogP contribution is 2.36. The van der Waals surface area contributed by atoms with E-state index in [0.29, 0.717) is 12.8 Å². The topological polar surface area (TPSA) is 80.1 Å². The molecule has 1 fully saturated rings. The lowest BCUT2D eigenvalue weighted by Crippen LogP contribution is -2.44. The van der Waals surface area contributed by atoms with Crippen LogP contribution in [-0.2, 0) is 16.6 Å². The Balaban J connectivity index is 1.86. The second-order valence-electron chi connectivity index (χ2n) is 6.22. The number of aromatic nitrogens is 3. The summed E-state index contributed by atoms with van der Waals surface area (Å²) < 4.78 is 1.68. The maximum Gasteiger partial charge on any atom is 0.229 e. The summed E-state index contributed by atoms with van der Waals surface area (Å²) in [5.74, 6) is -0.355. The zero-order valence-corrected chi connectivity index (χ0v) is 14.1. The van der Waals surface area contributed by atoms with E-state index >= 15 is 0 Å². The predicted octanol–water partition coefficient (Wildman–Crippen LogP) is 1.67. The minimum absolute atomic E-state index is 0.0488. The highest BCUT2D eigenvalue weighted by Gasteiger charge is 2.39. The number of rotatable bonds is 3. The van der Waals surface area contributed by atoms with Crippen molar-refractivity contribution in [2.45, 2.75) is 25.8 Å². The third-order valence-electron chi connectivity index (χ3n) is 4.43. The molecule has 0 aromatic carbocycles. The van der Waals surface area contributed by atoms with Crippen molar-refractivity contribution >= 4 is 17.5 Å². The van der Waals surface area contributed by atoms with Gasteiger partial charge in [0, 0.05) is 49.9 Å². The van der Waals surface area contributed by atoms with Crippen LogP contribution in [0.1, 0.15) is 30.1 Å². The van der Waals surface area contributed by atoms with Crippen molar-refractivity contribution in [2.24, 2.45) is 13.0 Å². The van der Waals surface area contributed by atoms with E-state index in [1.165, 1.54) is 0 Å². The molecule has 126 valence electrons. The van der Waals surface area contributed by atoms with Crippen LogP contribution < -0.4 is 5.32 Å². The van der Waals surface area contributed by atoms with E-state index in [2.05, 4.69) is 15.4 Å². The molecule has 1 aliphatic rings. The molecule has 0 aliphatic carbocycles. The number of likely N-dealkylation sites (tertiary alicyclic amines) is 1. The quantitative estimate of drug-likeness (QED) is 0.930. The Bertz CT molecular complexity index is 770. The number of nitrogens with one attached hydrogen (secondary N) is 1. The summed E-state index contributed by atoms with van der Waals surface area (Å²) in [4.78, 5) is 30.7. The first-order valence-electron chi connectivity index (χ1n) is 7.93. The van der Waals surface area contributed by atoms with Crippen LogP contribution in [0.3, 0.4) is 0 Å². The number of anilines is 1. The molecule has 7 nitrogen and oxygen atoms in total. The Kier molecular flexibility index (Phi) is 4.33. The summed E-state index contributed by atoms with van der Waals surface area (Å²) in [5, 5.41) is 7.13. The molecule has 3 rings (SSSR count). The van der Waals surface area contributed by atoms with Gasteiger partial charge in [-0.15, -0.1) is 0 Å². The van der Waals surface area contributed by atoms with Gasteiger partial charge in [0.25, 0.3) is 0 Å². The van der Waals surface area contributed by atoms with E-state index < -0.39 is 0 Å². The van der Waals surface area contributed by atoms with Gasteiger partial charge in [-0.3, -0.25) is 19.3 Å². The molecule has 2 amide bonds. The fourth-order valence-corrected chi connectivity index (χ4v) is 3.22. The molecule has 2 aromatic heterocycles. The fraction of sp³-hybridized carbons (Fsp3) is 0.412. The van der Waals surface area contributed by atoms with E-state index in [1.54, 1.807) is 35.1 Å². The third kappa shape index (κ3) is 3.15. The molecular formula is C17H21N5O2. The number of hydrogen-bond donors (Lipinski definition) is 1. The zero-order chi connectivity index (χ0) is 17.3. The Morgan fingerprint density at radius 2 is 2.17 bits per heavy atom. The van der Waals surface area contributed by atoms with Gasteiger partial charge in [0.1, 0.15) is 0 Å². The predicted molar refractivity (Wildman–Crippen MR) is 89.0 cm³/mol. The van der Waals surface area contributed by atoms with E-state index in [1.807, 2.05) is 26.2 Å². The lowest BCUT2D eigenvalue weighted by Gasteiger charge is -2.37. The minimum Gasteiger partial charge on any atom is -0.338 e. The molecule has 7 heteroatoms. The van der Waals surface area contributed by atoms with Crippen LogP contribution >= 0.6 is 0 Å². The SMILES string of the molecule is Cc1cc(NC(=O)[C@H]2CCC(=O)N(C)[C@H]2c2cnn(C)c2)ccn1. The van der Waals surface area contributed by atoms with Crippen molar-refractivity contribution in [3.05, 3.63) is 42.0 Å². The summed E-state index contributed by atoms with van der Waals surface area (Å²) in [5.41, 5.74) is 2.43. The monoisotopic (exact) mass is 327 g/mol. The van der Waals surface area contributed by atoms with Crippen molar-refractivity contribution in [1.82, 2.24) is 19.7 Å². The van der Waals surface area contributed by atoms with Gasteiger partial charge >= 0.3 is 0 Å². The van der Waals surface area contributed by atoms with E-state index in [4.69, 9.17) is 0 Å². The van der Waals surface area contributed by atoms with Gasteiger partial charge in [0.2, 0.25) is 11.8 Å². The Hall–Kier alpha value is -2.70. The summed E-state index contributed by atoms with van der Waals surface area (Å²) in [7, 11) is 3.57. The number of aryl methyl sites for hydroxylation is 2. The summed E-state index contributed by atoms with van der Waals surface area (Å²) in [6.45, 7) is 1.88. The molecule has 0 saturated carbocycles. The maximum absolute atomic E-state index is 12.8. The maximum atomic E-state index is 12.8. The molecule has 1 saturated heterocycles. The van der Waals surface area contributed by atoms with Crippen molar-refractivity contribution in [1.29, 1.82) is 0 Å². The highest BCUT2D eigenvalue weighted by atomic mass is 16.2. The fourth-order valence-electron chi connectivity index (χ4n) is 3.22. The highest BCUT2D eigenvalue weighted by molar-refractivity contribution is 5.94. The lowest BCUT2D eigenvalue weighted by molar-refractivity contribution is -0.140.